The van der Waals surface area contributed by atoms with Crippen LogP contribution in [-0.2, 0) is 6.54 Å². The van der Waals surface area contributed by atoms with Gasteiger partial charge in [0.1, 0.15) is 23.1 Å². The highest BCUT2D eigenvalue weighted by Crippen LogP contribution is 2.13. The third-order valence-electron chi connectivity index (χ3n) is 2.15. The van der Waals surface area contributed by atoms with Gasteiger partial charge in [-0.25, -0.2) is 4.98 Å². The van der Waals surface area contributed by atoms with E-state index in [0.717, 1.165) is 11.5 Å². The molecule has 0 saturated heterocycles. The second-order valence-electron chi connectivity index (χ2n) is 3.63. The Bertz CT molecular complexity index is 510. The molecule has 0 aliphatic rings. The smallest absolute Gasteiger partial charge is 0.218 e. The molecule has 0 fully saturated rings. The van der Waals surface area contributed by atoms with Crippen LogP contribution in [0.2, 0.25) is 0 Å². The first-order valence-corrected chi connectivity index (χ1v) is 5.23. The fraction of sp³-hybridized carbons (Fsp3) is 0.364. The van der Waals surface area contributed by atoms with Gasteiger partial charge in [0.15, 0.2) is 0 Å². The highest BCUT2D eigenvalue weighted by atomic mass is 16.5. The lowest BCUT2D eigenvalue weighted by molar-refractivity contribution is 0.391. The van der Waals surface area contributed by atoms with Gasteiger partial charge >= 0.3 is 0 Å². The summed E-state index contributed by atoms with van der Waals surface area (Å²) in [6.07, 6.45) is 0. The van der Waals surface area contributed by atoms with Crippen LogP contribution in [0.1, 0.15) is 17.3 Å². The zero-order valence-electron chi connectivity index (χ0n) is 10.0. The zero-order chi connectivity index (χ0) is 12.3. The molecule has 0 unspecified atom stereocenters. The maximum atomic E-state index is 5.07. The van der Waals surface area contributed by atoms with Crippen LogP contribution in [-0.4, -0.2) is 22.2 Å². The molecule has 0 aliphatic heterocycles. The van der Waals surface area contributed by atoms with Gasteiger partial charge in [0, 0.05) is 12.1 Å². The van der Waals surface area contributed by atoms with E-state index < -0.39 is 0 Å². The number of hydrogen-bond acceptors (Lipinski definition) is 6. The third-order valence-corrected chi connectivity index (χ3v) is 2.15. The number of nitrogens with zero attached hydrogens (tertiary/aromatic N) is 3. The van der Waals surface area contributed by atoms with Gasteiger partial charge in [-0.15, -0.1) is 0 Å². The summed E-state index contributed by atoms with van der Waals surface area (Å²) in [5.41, 5.74) is 0.831. The van der Waals surface area contributed by atoms with Gasteiger partial charge in [-0.3, -0.25) is 0 Å². The molecule has 90 valence electrons. The minimum absolute atomic E-state index is 0.538. The number of ether oxygens (including phenoxy) is 1. The average Bonchev–Trinajstić information content (AvgIpc) is 2.72. The Hall–Kier alpha value is -2.11. The van der Waals surface area contributed by atoms with Gasteiger partial charge in [-0.2, -0.15) is 4.98 Å². The Balaban J connectivity index is 2.05. The molecule has 1 N–H and O–H groups in total. The number of rotatable bonds is 4. The van der Waals surface area contributed by atoms with Crippen molar-refractivity contribution in [3.63, 3.8) is 0 Å². The molecule has 6 heteroatoms. The summed E-state index contributed by atoms with van der Waals surface area (Å²) < 4.78 is 10.0. The molecule has 0 radical (unpaired) electrons. The van der Waals surface area contributed by atoms with E-state index in [2.05, 4.69) is 20.4 Å². The first-order chi connectivity index (χ1) is 8.17. The van der Waals surface area contributed by atoms with Crippen LogP contribution >= 0.6 is 0 Å². The van der Waals surface area contributed by atoms with E-state index in [1.165, 1.54) is 0 Å². The molecule has 0 amide bonds. The molecule has 0 bridgehead atoms. The van der Waals surface area contributed by atoms with E-state index in [0.29, 0.717) is 24.1 Å². The van der Waals surface area contributed by atoms with Crippen LogP contribution in [0.4, 0.5) is 5.82 Å². The van der Waals surface area contributed by atoms with Crippen molar-refractivity contribution in [2.75, 3.05) is 12.4 Å². The Kier molecular flexibility index (Phi) is 3.22. The highest BCUT2D eigenvalue weighted by Gasteiger charge is 2.03. The normalized spacial score (nSPS) is 10.3. The molecule has 0 spiro atoms. The third kappa shape index (κ3) is 2.93. The second kappa shape index (κ2) is 4.82. The number of methoxy groups -OCH3 is 1. The predicted octanol–water partition coefficient (Wildman–Crippen LogP) is 1.70. The van der Waals surface area contributed by atoms with Crippen LogP contribution in [0.15, 0.2) is 16.7 Å². The molecule has 2 aromatic heterocycles. The number of anilines is 1. The fourth-order valence-electron chi connectivity index (χ4n) is 1.42. The number of aryl methyl sites for hydroxylation is 2. The van der Waals surface area contributed by atoms with Gasteiger partial charge in [-0.1, -0.05) is 5.16 Å². The highest BCUT2D eigenvalue weighted by molar-refractivity contribution is 5.38. The Labute approximate surface area is 99.0 Å². The lowest BCUT2D eigenvalue weighted by atomic mass is 10.4. The largest absolute Gasteiger partial charge is 0.481 e. The molecule has 17 heavy (non-hydrogen) atoms. The van der Waals surface area contributed by atoms with E-state index in [1.54, 1.807) is 13.2 Å². The topological polar surface area (TPSA) is 73.1 Å². The second-order valence-corrected chi connectivity index (χ2v) is 3.63. The molecule has 0 aliphatic carbocycles. The quantitative estimate of drug-likeness (QED) is 0.868. The summed E-state index contributed by atoms with van der Waals surface area (Å²) >= 11 is 0. The summed E-state index contributed by atoms with van der Waals surface area (Å²) in [5.74, 6) is 2.69. The first kappa shape index (κ1) is 11.4. The molecule has 2 aromatic rings. The van der Waals surface area contributed by atoms with Crippen LogP contribution in [0.5, 0.6) is 5.88 Å². The molecule has 0 aromatic carbocycles. The van der Waals surface area contributed by atoms with Gasteiger partial charge in [0.05, 0.1) is 13.7 Å². The summed E-state index contributed by atoms with van der Waals surface area (Å²) in [4.78, 5) is 8.35. The zero-order valence-corrected chi connectivity index (χ0v) is 10.0. The molecule has 2 rings (SSSR count). The van der Waals surface area contributed by atoms with Crippen LogP contribution in [0.25, 0.3) is 0 Å². The van der Waals surface area contributed by atoms with Crippen molar-refractivity contribution in [3.05, 3.63) is 29.4 Å². The van der Waals surface area contributed by atoms with E-state index in [4.69, 9.17) is 9.26 Å². The van der Waals surface area contributed by atoms with Crippen LogP contribution in [0.3, 0.4) is 0 Å². The molecule has 0 atom stereocenters. The Morgan fingerprint density at radius 1 is 1.29 bits per heavy atom. The van der Waals surface area contributed by atoms with Crippen molar-refractivity contribution in [1.82, 2.24) is 15.1 Å². The molecule has 6 nitrogen and oxygen atoms in total. The fourth-order valence-corrected chi connectivity index (χ4v) is 1.42. The minimum atomic E-state index is 0.538. The van der Waals surface area contributed by atoms with Gasteiger partial charge in [-0.05, 0) is 13.8 Å². The Morgan fingerprint density at radius 2 is 2.12 bits per heavy atom. The average molecular weight is 234 g/mol. The maximum absolute atomic E-state index is 5.07. The van der Waals surface area contributed by atoms with Gasteiger partial charge < -0.3 is 14.6 Å². The first-order valence-electron chi connectivity index (χ1n) is 5.23. The standard InChI is InChI=1S/C11H14N4O2/c1-7-4-9(15-17-7)6-12-10-5-11(16-3)14-8(2)13-10/h4-5H,6H2,1-3H3,(H,12,13,14). The minimum Gasteiger partial charge on any atom is -0.481 e. The number of hydrogen-bond donors (Lipinski definition) is 1. The summed E-state index contributed by atoms with van der Waals surface area (Å²) in [7, 11) is 1.58. The van der Waals surface area contributed by atoms with Crippen LogP contribution < -0.4 is 10.1 Å². The summed E-state index contributed by atoms with van der Waals surface area (Å²) in [6.45, 7) is 4.22. The number of nitrogens with one attached hydrogen (secondary N) is 1. The summed E-state index contributed by atoms with van der Waals surface area (Å²) in [5, 5.41) is 7.02. The maximum Gasteiger partial charge on any atom is 0.218 e. The van der Waals surface area contributed by atoms with Crippen molar-refractivity contribution < 1.29 is 9.26 Å². The van der Waals surface area contributed by atoms with Crippen molar-refractivity contribution in [2.24, 2.45) is 0 Å². The van der Waals surface area contributed by atoms with E-state index in [1.807, 2.05) is 19.9 Å². The van der Waals surface area contributed by atoms with Crippen molar-refractivity contribution in [3.8, 4) is 5.88 Å². The molecule has 0 saturated carbocycles. The molecular formula is C11H14N4O2. The Morgan fingerprint density at radius 3 is 2.76 bits per heavy atom. The number of aromatic nitrogens is 3. The van der Waals surface area contributed by atoms with Crippen molar-refractivity contribution >= 4 is 5.82 Å². The van der Waals surface area contributed by atoms with E-state index in [9.17, 15) is 0 Å². The lowest BCUT2D eigenvalue weighted by Gasteiger charge is -2.06. The van der Waals surface area contributed by atoms with E-state index in [-0.39, 0.29) is 0 Å². The van der Waals surface area contributed by atoms with Crippen molar-refractivity contribution in [1.29, 1.82) is 0 Å². The van der Waals surface area contributed by atoms with Gasteiger partial charge in [0.2, 0.25) is 5.88 Å². The van der Waals surface area contributed by atoms with Crippen molar-refractivity contribution in [2.45, 2.75) is 20.4 Å². The lowest BCUT2D eigenvalue weighted by Crippen LogP contribution is -2.04. The summed E-state index contributed by atoms with van der Waals surface area (Å²) in [6, 6.07) is 3.61. The molecule has 2 heterocycles. The van der Waals surface area contributed by atoms with E-state index >= 15 is 0 Å². The molecular weight excluding hydrogens is 220 g/mol. The van der Waals surface area contributed by atoms with Gasteiger partial charge in [0.25, 0.3) is 0 Å². The van der Waals surface area contributed by atoms with Crippen LogP contribution in [0, 0.1) is 13.8 Å². The predicted molar refractivity (Wildman–Crippen MR) is 61.9 cm³/mol. The SMILES string of the molecule is COc1cc(NCc2cc(C)on2)nc(C)n1. The monoisotopic (exact) mass is 234 g/mol.